The van der Waals surface area contributed by atoms with Crippen LogP contribution in [-0.2, 0) is 30.8 Å². The van der Waals surface area contributed by atoms with Crippen molar-refractivity contribution in [1.29, 1.82) is 0 Å². The summed E-state index contributed by atoms with van der Waals surface area (Å²) in [5, 5.41) is 24.9. The average molecular weight is 647 g/mol. The maximum atomic E-state index is 12.6. The van der Waals surface area contributed by atoms with Gasteiger partial charge in [-0.1, -0.05) is 31.0 Å². The molecule has 2 N–H and O–H groups in total. The van der Waals surface area contributed by atoms with Crippen LogP contribution in [0.5, 0.6) is 23.0 Å². The number of aryl methyl sites for hydroxylation is 1. The molecule has 0 unspecified atom stereocenters. The highest BCUT2D eigenvalue weighted by molar-refractivity contribution is 6.31. The lowest BCUT2D eigenvalue weighted by molar-refractivity contribution is -0.132. The number of rotatable bonds is 14. The second-order valence-electron chi connectivity index (χ2n) is 10.8. The first-order valence-electron chi connectivity index (χ1n) is 14.9. The van der Waals surface area contributed by atoms with Crippen LogP contribution in [0.1, 0.15) is 52.4 Å². The smallest absolute Gasteiger partial charge is 0.336 e. The van der Waals surface area contributed by atoms with Gasteiger partial charge in [0, 0.05) is 63.9 Å². The number of hydrogen-bond donors (Lipinski definition) is 2. The summed E-state index contributed by atoms with van der Waals surface area (Å²) in [4.78, 5) is 24.5. The number of ether oxygens (including phenoxy) is 4. The molecule has 0 bridgehead atoms. The van der Waals surface area contributed by atoms with Crippen LogP contribution in [-0.4, -0.2) is 52.8 Å². The SMILES string of the molecule is CCCCn1ncc(/C=C(\Cc2cc3c(cc2OC)CCO3)C(=O)O)c1-c1ccc(OC)cc1OCc1c(Cl)cccc1C(=O)O. The van der Waals surface area contributed by atoms with Gasteiger partial charge in [-0.3, -0.25) is 4.68 Å². The Morgan fingerprint density at radius 1 is 1.09 bits per heavy atom. The van der Waals surface area contributed by atoms with Gasteiger partial charge in [0.25, 0.3) is 0 Å². The highest BCUT2D eigenvalue weighted by atomic mass is 35.5. The Hall–Kier alpha value is -4.96. The van der Waals surface area contributed by atoms with Crippen molar-refractivity contribution < 1.29 is 38.7 Å². The van der Waals surface area contributed by atoms with Gasteiger partial charge >= 0.3 is 11.9 Å². The summed E-state index contributed by atoms with van der Waals surface area (Å²) in [6.07, 6.45) is 5.87. The van der Waals surface area contributed by atoms with Crippen LogP contribution in [0, 0.1) is 0 Å². The molecule has 0 radical (unpaired) electrons. The summed E-state index contributed by atoms with van der Waals surface area (Å²) in [5.74, 6) is 0.0364. The van der Waals surface area contributed by atoms with Crippen LogP contribution in [0.2, 0.25) is 5.02 Å². The van der Waals surface area contributed by atoms with Gasteiger partial charge in [-0.15, -0.1) is 0 Å². The zero-order valence-corrected chi connectivity index (χ0v) is 26.6. The lowest BCUT2D eigenvalue weighted by atomic mass is 9.98. The number of hydrogen-bond acceptors (Lipinski definition) is 7. The van der Waals surface area contributed by atoms with Crippen LogP contribution in [0.25, 0.3) is 17.3 Å². The lowest BCUT2D eigenvalue weighted by Gasteiger charge is -2.17. The summed E-state index contributed by atoms with van der Waals surface area (Å²) in [5.41, 5.74) is 4.05. The lowest BCUT2D eigenvalue weighted by Crippen LogP contribution is -2.08. The van der Waals surface area contributed by atoms with Crippen molar-refractivity contribution in [3.05, 3.63) is 93.1 Å². The maximum absolute atomic E-state index is 12.6. The second-order valence-corrected chi connectivity index (χ2v) is 11.2. The molecule has 0 saturated carbocycles. The second kappa shape index (κ2) is 14.4. The van der Waals surface area contributed by atoms with Gasteiger partial charge in [-0.25, -0.2) is 9.59 Å². The van der Waals surface area contributed by atoms with Gasteiger partial charge in [0.2, 0.25) is 0 Å². The fourth-order valence-electron chi connectivity index (χ4n) is 5.43. The number of unbranched alkanes of at least 4 members (excludes halogenated alkanes) is 1. The molecule has 10 nitrogen and oxygen atoms in total. The molecule has 1 aliphatic heterocycles. The number of carboxylic acids is 2. The van der Waals surface area contributed by atoms with E-state index < -0.39 is 11.9 Å². The number of carbonyl (C=O) groups is 2. The molecular formula is C35H35ClN2O8. The van der Waals surface area contributed by atoms with Crippen molar-refractivity contribution >= 4 is 29.6 Å². The van der Waals surface area contributed by atoms with Crippen LogP contribution in [0.4, 0.5) is 0 Å². The molecule has 0 saturated heterocycles. The summed E-state index contributed by atoms with van der Waals surface area (Å²) >= 11 is 6.39. The van der Waals surface area contributed by atoms with Crippen molar-refractivity contribution in [2.75, 3.05) is 20.8 Å². The average Bonchev–Trinajstić information content (AvgIpc) is 3.68. The summed E-state index contributed by atoms with van der Waals surface area (Å²) in [6.45, 7) is 3.10. The number of carboxylic acid groups (broad SMARTS) is 2. The molecular weight excluding hydrogens is 612 g/mol. The van der Waals surface area contributed by atoms with Gasteiger partial charge in [0.05, 0.1) is 38.3 Å². The largest absolute Gasteiger partial charge is 0.497 e. The zero-order chi connectivity index (χ0) is 32.8. The molecule has 240 valence electrons. The van der Waals surface area contributed by atoms with E-state index in [-0.39, 0.29) is 29.2 Å². The number of nitrogens with zero attached hydrogens (tertiary/aromatic N) is 2. The summed E-state index contributed by atoms with van der Waals surface area (Å²) in [7, 11) is 3.10. The van der Waals surface area contributed by atoms with E-state index in [0.29, 0.717) is 58.3 Å². The predicted molar refractivity (Wildman–Crippen MR) is 173 cm³/mol. The Morgan fingerprint density at radius 2 is 1.91 bits per heavy atom. The standard InChI is InChI=1S/C35H35ClN2O8/c1-4-5-12-38-33(27-10-9-25(43-2)18-32(27)46-20-28-26(35(41)42)7-6-8-29(28)36)24(19-37-38)15-23(34(39)40)14-22-17-31-21(11-13-45-31)16-30(22)44-3/h6-10,15-19H,4-5,11-14,20H2,1-3H3,(H,39,40)(H,41,42)/b23-15+. The zero-order valence-electron chi connectivity index (χ0n) is 25.8. The monoisotopic (exact) mass is 646 g/mol. The summed E-state index contributed by atoms with van der Waals surface area (Å²) in [6, 6.07) is 13.7. The van der Waals surface area contributed by atoms with Crippen molar-refractivity contribution in [2.24, 2.45) is 0 Å². The van der Waals surface area contributed by atoms with Crippen molar-refractivity contribution in [1.82, 2.24) is 9.78 Å². The number of methoxy groups -OCH3 is 2. The van der Waals surface area contributed by atoms with E-state index in [0.717, 1.165) is 30.6 Å². The van der Waals surface area contributed by atoms with Gasteiger partial charge in [-0.2, -0.15) is 5.10 Å². The predicted octanol–water partition coefficient (Wildman–Crippen LogP) is 6.94. The molecule has 4 aromatic rings. The van der Waals surface area contributed by atoms with Crippen molar-refractivity contribution in [3.63, 3.8) is 0 Å². The van der Waals surface area contributed by atoms with Gasteiger partial charge in [0.15, 0.2) is 0 Å². The molecule has 0 amide bonds. The molecule has 1 aliphatic rings. The number of aromatic nitrogens is 2. The normalized spacial score (nSPS) is 12.4. The molecule has 2 heterocycles. The Bertz CT molecular complexity index is 1800. The molecule has 0 spiro atoms. The van der Waals surface area contributed by atoms with Crippen LogP contribution < -0.4 is 18.9 Å². The van der Waals surface area contributed by atoms with E-state index in [2.05, 4.69) is 12.0 Å². The third-order valence-electron chi connectivity index (χ3n) is 7.83. The first kappa shape index (κ1) is 32.4. The van der Waals surface area contributed by atoms with Gasteiger partial charge in [0.1, 0.15) is 29.6 Å². The topological polar surface area (TPSA) is 129 Å². The van der Waals surface area contributed by atoms with E-state index in [1.54, 1.807) is 43.6 Å². The molecule has 1 aromatic heterocycles. The Balaban J connectivity index is 1.59. The fourth-order valence-corrected chi connectivity index (χ4v) is 5.66. The summed E-state index contributed by atoms with van der Waals surface area (Å²) < 4.78 is 24.9. The Morgan fingerprint density at radius 3 is 2.63 bits per heavy atom. The number of benzene rings is 3. The van der Waals surface area contributed by atoms with E-state index >= 15 is 0 Å². The first-order valence-corrected chi connectivity index (χ1v) is 15.3. The number of aromatic carboxylic acids is 1. The van der Waals surface area contributed by atoms with Crippen molar-refractivity contribution in [3.8, 4) is 34.3 Å². The highest BCUT2D eigenvalue weighted by Gasteiger charge is 2.23. The van der Waals surface area contributed by atoms with E-state index in [9.17, 15) is 19.8 Å². The van der Waals surface area contributed by atoms with Crippen LogP contribution >= 0.6 is 11.6 Å². The first-order chi connectivity index (χ1) is 22.2. The molecule has 0 atom stereocenters. The van der Waals surface area contributed by atoms with Crippen LogP contribution in [0.15, 0.2) is 60.3 Å². The van der Waals surface area contributed by atoms with Gasteiger partial charge < -0.3 is 29.2 Å². The number of aliphatic carboxylic acids is 1. The molecule has 3 aromatic carbocycles. The van der Waals surface area contributed by atoms with Crippen LogP contribution in [0.3, 0.4) is 0 Å². The molecule has 46 heavy (non-hydrogen) atoms. The van der Waals surface area contributed by atoms with Gasteiger partial charge in [-0.05, 0) is 48.9 Å². The Labute approximate surface area is 271 Å². The Kier molecular flexibility index (Phi) is 10.2. The third-order valence-corrected chi connectivity index (χ3v) is 8.19. The minimum atomic E-state index is -1.12. The molecule has 11 heteroatoms. The highest BCUT2D eigenvalue weighted by Crippen LogP contribution is 2.39. The van der Waals surface area contributed by atoms with E-state index in [4.69, 9.17) is 30.5 Å². The quantitative estimate of drug-likeness (QED) is 0.140. The molecule has 0 aliphatic carbocycles. The number of halogens is 1. The molecule has 0 fully saturated rings. The van der Waals surface area contributed by atoms with E-state index in [1.807, 2.05) is 22.9 Å². The minimum absolute atomic E-state index is 0.0343. The maximum Gasteiger partial charge on any atom is 0.336 e. The fraction of sp³-hybridized carbons (Fsp3) is 0.286. The van der Waals surface area contributed by atoms with E-state index in [1.165, 1.54) is 13.2 Å². The molecule has 5 rings (SSSR count). The third kappa shape index (κ3) is 6.97. The number of fused-ring (bicyclic) bond motifs is 1. The van der Waals surface area contributed by atoms with Crippen molar-refractivity contribution in [2.45, 2.75) is 45.8 Å². The minimum Gasteiger partial charge on any atom is -0.497 e.